The van der Waals surface area contributed by atoms with Gasteiger partial charge in [-0.05, 0) is 35.4 Å². The second-order valence-electron chi connectivity index (χ2n) is 6.82. The smallest absolute Gasteiger partial charge is 0.446 e. The van der Waals surface area contributed by atoms with Crippen molar-refractivity contribution < 1.29 is 18.3 Å². The number of hydrogen-bond acceptors (Lipinski definition) is 4. The number of thioether (sulfide) groups is 1. The van der Waals surface area contributed by atoms with Crippen molar-refractivity contribution in [3.8, 4) is 5.75 Å². The molecule has 0 amide bonds. The summed E-state index contributed by atoms with van der Waals surface area (Å²) in [6.45, 7) is 9.42. The van der Waals surface area contributed by atoms with E-state index in [9.17, 15) is 18.3 Å². The molecule has 1 saturated heterocycles. The molecule has 1 aliphatic rings. The summed E-state index contributed by atoms with van der Waals surface area (Å²) in [5.41, 5.74) is -3.98. The van der Waals surface area contributed by atoms with Crippen LogP contribution in [0.1, 0.15) is 32.4 Å². The molecule has 0 unspecified atom stereocenters. The number of phenolic OH excluding ortho intramolecular Hbond substituents is 1. The molecule has 25 heavy (non-hydrogen) atoms. The van der Waals surface area contributed by atoms with Crippen LogP contribution in [0.3, 0.4) is 0 Å². The average Bonchev–Trinajstić information content (AvgIpc) is 2.41. The van der Waals surface area contributed by atoms with Gasteiger partial charge in [-0.15, -0.1) is 24.8 Å². The molecular formula is C16H25Cl2F3N2OS. The fourth-order valence-electron chi connectivity index (χ4n) is 3.10. The van der Waals surface area contributed by atoms with Crippen LogP contribution in [-0.2, 0) is 0 Å². The van der Waals surface area contributed by atoms with Gasteiger partial charge in [0.15, 0.2) is 0 Å². The Hall–Kier alpha value is -0.340. The first-order chi connectivity index (χ1) is 10.6. The Labute approximate surface area is 163 Å². The van der Waals surface area contributed by atoms with E-state index in [1.165, 1.54) is 18.2 Å². The molecule has 0 saturated carbocycles. The van der Waals surface area contributed by atoms with Crippen LogP contribution in [0, 0.1) is 5.41 Å². The van der Waals surface area contributed by atoms with E-state index in [-0.39, 0.29) is 58.7 Å². The van der Waals surface area contributed by atoms with E-state index in [1.54, 1.807) is 0 Å². The predicted octanol–water partition coefficient (Wildman–Crippen LogP) is 4.84. The zero-order valence-electron chi connectivity index (χ0n) is 14.4. The molecule has 146 valence electrons. The molecule has 9 heteroatoms. The number of alkyl halides is 3. The fraction of sp³-hybridized carbons (Fsp3) is 0.625. The van der Waals surface area contributed by atoms with Crippen molar-refractivity contribution in [2.24, 2.45) is 5.41 Å². The van der Waals surface area contributed by atoms with Gasteiger partial charge in [-0.2, -0.15) is 13.2 Å². The van der Waals surface area contributed by atoms with Crippen molar-refractivity contribution in [2.75, 3.05) is 26.2 Å². The number of benzene rings is 1. The number of phenols is 1. The first kappa shape index (κ1) is 24.7. The van der Waals surface area contributed by atoms with Crippen LogP contribution in [0.2, 0.25) is 0 Å². The Bertz CT molecular complexity index is 547. The highest BCUT2D eigenvalue weighted by molar-refractivity contribution is 8.00. The van der Waals surface area contributed by atoms with E-state index in [4.69, 9.17) is 0 Å². The zero-order chi connectivity index (χ0) is 17.3. The lowest BCUT2D eigenvalue weighted by atomic mass is 9.80. The van der Waals surface area contributed by atoms with Gasteiger partial charge in [0.1, 0.15) is 5.75 Å². The van der Waals surface area contributed by atoms with Crippen LogP contribution in [0.5, 0.6) is 5.75 Å². The van der Waals surface area contributed by atoms with Crippen LogP contribution < -0.4 is 5.32 Å². The molecule has 1 atom stereocenters. The van der Waals surface area contributed by atoms with Crippen LogP contribution in [0.25, 0.3) is 0 Å². The van der Waals surface area contributed by atoms with Gasteiger partial charge in [0, 0.05) is 42.7 Å². The SMILES string of the molecule is CC(C)(C)[C@@H](c1cc(SC(F)(F)F)ccc1O)N1CCNCC1.Cl.Cl. The lowest BCUT2D eigenvalue weighted by Gasteiger charge is -2.42. The van der Waals surface area contributed by atoms with Crippen molar-refractivity contribution in [2.45, 2.75) is 37.2 Å². The number of piperazine rings is 1. The van der Waals surface area contributed by atoms with Gasteiger partial charge < -0.3 is 10.4 Å². The Balaban J connectivity index is 0.00000288. The highest BCUT2D eigenvalue weighted by Crippen LogP contribution is 2.45. The number of halogens is 5. The quantitative estimate of drug-likeness (QED) is 0.685. The second kappa shape index (κ2) is 9.55. The van der Waals surface area contributed by atoms with Gasteiger partial charge in [0.05, 0.1) is 0 Å². The molecule has 0 spiro atoms. The topological polar surface area (TPSA) is 35.5 Å². The maximum Gasteiger partial charge on any atom is 0.446 e. The molecular weight excluding hydrogens is 396 g/mol. The lowest BCUT2D eigenvalue weighted by Crippen LogP contribution is -2.48. The summed E-state index contributed by atoms with van der Waals surface area (Å²) in [6.07, 6.45) is 0. The molecule has 1 fully saturated rings. The molecule has 1 heterocycles. The summed E-state index contributed by atoms with van der Waals surface area (Å²) in [4.78, 5) is 2.34. The Morgan fingerprint density at radius 2 is 1.68 bits per heavy atom. The van der Waals surface area contributed by atoms with Gasteiger partial charge >= 0.3 is 5.51 Å². The van der Waals surface area contributed by atoms with Crippen LogP contribution in [0.15, 0.2) is 23.1 Å². The van der Waals surface area contributed by atoms with E-state index < -0.39 is 5.51 Å². The molecule has 3 nitrogen and oxygen atoms in total. The largest absolute Gasteiger partial charge is 0.508 e. The minimum Gasteiger partial charge on any atom is -0.508 e. The highest BCUT2D eigenvalue weighted by Gasteiger charge is 2.35. The molecule has 0 radical (unpaired) electrons. The molecule has 1 aromatic rings. The summed E-state index contributed by atoms with van der Waals surface area (Å²) in [6, 6.07) is 4.02. The summed E-state index contributed by atoms with van der Waals surface area (Å²) in [5.74, 6) is 0.0509. The number of hydrogen-bond donors (Lipinski definition) is 2. The first-order valence-corrected chi connectivity index (χ1v) is 8.43. The molecule has 1 aromatic carbocycles. The van der Waals surface area contributed by atoms with E-state index in [0.29, 0.717) is 5.56 Å². The normalized spacial score (nSPS) is 17.4. The number of rotatable bonds is 3. The zero-order valence-corrected chi connectivity index (χ0v) is 16.8. The highest BCUT2D eigenvalue weighted by atomic mass is 35.5. The summed E-state index contributed by atoms with van der Waals surface area (Å²) in [7, 11) is 0. The fourth-order valence-corrected chi connectivity index (χ4v) is 3.69. The van der Waals surface area contributed by atoms with Crippen LogP contribution >= 0.6 is 36.6 Å². The maximum atomic E-state index is 12.6. The number of aromatic hydroxyl groups is 1. The summed E-state index contributed by atoms with van der Waals surface area (Å²) in [5, 5.41) is 13.5. The minimum atomic E-state index is -4.33. The van der Waals surface area contributed by atoms with Gasteiger partial charge in [-0.25, -0.2) is 0 Å². The van der Waals surface area contributed by atoms with Crippen molar-refractivity contribution in [3.63, 3.8) is 0 Å². The van der Waals surface area contributed by atoms with E-state index in [1.807, 2.05) is 20.8 Å². The molecule has 2 N–H and O–H groups in total. The first-order valence-electron chi connectivity index (χ1n) is 7.61. The third-order valence-corrected chi connectivity index (χ3v) is 4.59. The third-order valence-electron chi connectivity index (χ3n) is 3.86. The third kappa shape index (κ3) is 7.06. The minimum absolute atomic E-state index is 0. The molecule has 1 aliphatic heterocycles. The van der Waals surface area contributed by atoms with Crippen LogP contribution in [0.4, 0.5) is 13.2 Å². The van der Waals surface area contributed by atoms with Crippen molar-refractivity contribution >= 4 is 36.6 Å². The predicted molar refractivity (Wildman–Crippen MR) is 101 cm³/mol. The number of nitrogens with one attached hydrogen (secondary N) is 1. The monoisotopic (exact) mass is 420 g/mol. The molecule has 0 aliphatic carbocycles. The average molecular weight is 421 g/mol. The molecule has 0 aromatic heterocycles. The van der Waals surface area contributed by atoms with Crippen molar-refractivity contribution in [3.05, 3.63) is 23.8 Å². The van der Waals surface area contributed by atoms with Gasteiger partial charge in [0.2, 0.25) is 0 Å². The van der Waals surface area contributed by atoms with Gasteiger partial charge in [-0.3, -0.25) is 4.90 Å². The summed E-state index contributed by atoms with van der Waals surface area (Å²) < 4.78 is 37.9. The Morgan fingerprint density at radius 3 is 2.16 bits per heavy atom. The van der Waals surface area contributed by atoms with E-state index in [0.717, 1.165) is 26.2 Å². The van der Waals surface area contributed by atoms with Crippen LogP contribution in [-0.4, -0.2) is 41.7 Å². The van der Waals surface area contributed by atoms with Gasteiger partial charge in [-0.1, -0.05) is 20.8 Å². The summed E-state index contributed by atoms with van der Waals surface area (Å²) >= 11 is -0.144. The standard InChI is InChI=1S/C16H23F3N2OS.2ClH/c1-15(2,3)14(21-8-6-20-7-9-21)12-10-11(4-5-13(12)22)23-16(17,18)19;;/h4-5,10,14,20,22H,6-9H2,1-3H3;2*1H/t14-;;/m1../s1. The number of nitrogens with zero attached hydrogens (tertiary/aromatic N) is 1. The molecule has 0 bridgehead atoms. The van der Waals surface area contributed by atoms with E-state index in [2.05, 4.69) is 10.2 Å². The molecule has 2 rings (SSSR count). The lowest BCUT2D eigenvalue weighted by molar-refractivity contribution is -0.0328. The second-order valence-corrected chi connectivity index (χ2v) is 7.96. The maximum absolute atomic E-state index is 12.6. The van der Waals surface area contributed by atoms with Crippen molar-refractivity contribution in [1.29, 1.82) is 0 Å². The van der Waals surface area contributed by atoms with E-state index >= 15 is 0 Å². The van der Waals surface area contributed by atoms with Gasteiger partial charge in [0.25, 0.3) is 0 Å². The Kier molecular flexibility index (Phi) is 9.42. The Morgan fingerprint density at radius 1 is 1.12 bits per heavy atom. The van der Waals surface area contributed by atoms with Crippen molar-refractivity contribution in [1.82, 2.24) is 10.2 Å².